The Morgan fingerprint density at radius 3 is 2.96 bits per heavy atom. The van der Waals surface area contributed by atoms with Crippen molar-refractivity contribution in [1.29, 1.82) is 0 Å². The number of fused-ring (bicyclic) bond motifs is 2. The number of benzene rings is 2. The summed E-state index contributed by atoms with van der Waals surface area (Å²) in [6.07, 6.45) is 2.60. The van der Waals surface area contributed by atoms with E-state index in [2.05, 4.69) is 44.5 Å². The number of thioether (sulfide) groups is 1. The Bertz CT molecular complexity index is 1150. The molecule has 1 aliphatic heterocycles. The van der Waals surface area contributed by atoms with Crippen molar-refractivity contribution in [1.82, 2.24) is 20.3 Å². The molecular formula is C20H18N4O2S2. The molecule has 6 nitrogen and oxygen atoms in total. The molecule has 28 heavy (non-hydrogen) atoms. The van der Waals surface area contributed by atoms with Crippen molar-refractivity contribution in [3.8, 4) is 11.1 Å². The van der Waals surface area contributed by atoms with Crippen LogP contribution in [0.1, 0.15) is 6.42 Å². The topological polar surface area (TPSA) is 79.9 Å². The molecule has 0 saturated carbocycles. The van der Waals surface area contributed by atoms with Gasteiger partial charge < -0.3 is 15.0 Å². The zero-order valence-corrected chi connectivity index (χ0v) is 16.6. The van der Waals surface area contributed by atoms with E-state index in [1.54, 1.807) is 17.7 Å². The number of aromatic amines is 1. The number of hydrogen-bond acceptors (Lipinski definition) is 6. The summed E-state index contributed by atoms with van der Waals surface area (Å²) in [5.74, 6) is 0.410. The lowest BCUT2D eigenvalue weighted by Gasteiger charge is -2.09. The molecule has 4 aromatic rings. The van der Waals surface area contributed by atoms with Crippen molar-refractivity contribution >= 4 is 50.3 Å². The van der Waals surface area contributed by atoms with Gasteiger partial charge in [0.05, 0.1) is 46.0 Å². The van der Waals surface area contributed by atoms with Crippen molar-refractivity contribution in [3.05, 3.63) is 42.7 Å². The largest absolute Gasteiger partial charge is 0.379 e. The van der Waals surface area contributed by atoms with E-state index >= 15 is 0 Å². The van der Waals surface area contributed by atoms with Gasteiger partial charge in [0.15, 0.2) is 4.34 Å². The smallest absolute Gasteiger partial charge is 0.230 e. The highest BCUT2D eigenvalue weighted by Crippen LogP contribution is 2.33. The molecule has 1 amide bonds. The van der Waals surface area contributed by atoms with Gasteiger partial charge in [-0.3, -0.25) is 4.79 Å². The number of ether oxygens (including phenoxy) is 1. The summed E-state index contributed by atoms with van der Waals surface area (Å²) in [4.78, 5) is 24.2. The highest BCUT2D eigenvalue weighted by Gasteiger charge is 2.18. The van der Waals surface area contributed by atoms with Crippen molar-refractivity contribution in [2.24, 2.45) is 0 Å². The molecule has 0 aliphatic carbocycles. The van der Waals surface area contributed by atoms with Crippen LogP contribution in [0.4, 0.5) is 0 Å². The first-order valence-electron chi connectivity index (χ1n) is 9.09. The Labute approximate surface area is 169 Å². The van der Waals surface area contributed by atoms with E-state index in [0.717, 1.165) is 49.7 Å². The molecule has 0 bridgehead atoms. The van der Waals surface area contributed by atoms with Crippen molar-refractivity contribution in [3.63, 3.8) is 0 Å². The molecule has 1 saturated heterocycles. The zero-order valence-electron chi connectivity index (χ0n) is 15.0. The van der Waals surface area contributed by atoms with Gasteiger partial charge in [-0.25, -0.2) is 9.97 Å². The second-order valence-electron chi connectivity index (χ2n) is 6.71. The lowest BCUT2D eigenvalue weighted by atomic mass is 10.1. The second-order valence-corrected chi connectivity index (χ2v) is 8.97. The van der Waals surface area contributed by atoms with Crippen molar-refractivity contribution < 1.29 is 9.53 Å². The summed E-state index contributed by atoms with van der Waals surface area (Å²) < 4.78 is 7.32. The van der Waals surface area contributed by atoms with Gasteiger partial charge in [-0.1, -0.05) is 23.9 Å². The predicted octanol–water partition coefficient (Wildman–Crippen LogP) is 3.84. The molecule has 142 valence electrons. The summed E-state index contributed by atoms with van der Waals surface area (Å²) in [6, 6.07) is 12.6. The maximum absolute atomic E-state index is 12.1. The highest BCUT2D eigenvalue weighted by atomic mass is 32.2. The minimum absolute atomic E-state index is 0.0355. The fraction of sp³-hybridized carbons (Fsp3) is 0.250. The molecular weight excluding hydrogens is 392 g/mol. The van der Waals surface area contributed by atoms with Gasteiger partial charge in [-0.15, -0.1) is 11.3 Å². The van der Waals surface area contributed by atoms with E-state index in [9.17, 15) is 4.79 Å². The van der Waals surface area contributed by atoms with Gasteiger partial charge in [0, 0.05) is 6.61 Å². The third kappa shape index (κ3) is 3.63. The summed E-state index contributed by atoms with van der Waals surface area (Å²) in [7, 11) is 0. The van der Waals surface area contributed by atoms with E-state index in [0.29, 0.717) is 12.4 Å². The minimum Gasteiger partial charge on any atom is -0.379 e. The number of nitrogens with one attached hydrogen (secondary N) is 2. The maximum atomic E-state index is 12.1. The quantitative estimate of drug-likeness (QED) is 0.489. The Morgan fingerprint density at radius 2 is 2.11 bits per heavy atom. The number of rotatable bonds is 5. The number of imidazole rings is 1. The van der Waals surface area contributed by atoms with E-state index in [1.807, 2.05) is 12.1 Å². The normalized spacial score (nSPS) is 16.8. The zero-order chi connectivity index (χ0) is 18.9. The van der Waals surface area contributed by atoms with Gasteiger partial charge in [-0.2, -0.15) is 0 Å². The third-order valence-corrected chi connectivity index (χ3v) is 6.91. The Balaban J connectivity index is 1.31. The number of aromatic nitrogens is 3. The van der Waals surface area contributed by atoms with Crippen LogP contribution in [-0.2, 0) is 9.53 Å². The lowest BCUT2D eigenvalue weighted by molar-refractivity contribution is -0.119. The lowest BCUT2D eigenvalue weighted by Crippen LogP contribution is -2.36. The van der Waals surface area contributed by atoms with Crippen LogP contribution in [0.5, 0.6) is 0 Å². The molecule has 1 atom stereocenters. The molecule has 2 aromatic carbocycles. The van der Waals surface area contributed by atoms with Gasteiger partial charge in [0.1, 0.15) is 0 Å². The van der Waals surface area contributed by atoms with E-state index in [-0.39, 0.29) is 11.9 Å². The molecule has 0 spiro atoms. The summed E-state index contributed by atoms with van der Waals surface area (Å²) in [5, 5.41) is 3.01. The van der Waals surface area contributed by atoms with Crippen LogP contribution >= 0.6 is 23.1 Å². The van der Waals surface area contributed by atoms with E-state index < -0.39 is 0 Å². The number of hydrogen-bond donors (Lipinski definition) is 2. The molecule has 1 aliphatic rings. The average Bonchev–Trinajstić information content (AvgIpc) is 3.45. The molecule has 0 radical (unpaired) electrons. The van der Waals surface area contributed by atoms with Crippen molar-refractivity contribution in [2.75, 3.05) is 19.0 Å². The molecule has 1 fully saturated rings. The Morgan fingerprint density at radius 1 is 1.25 bits per heavy atom. The molecule has 1 unspecified atom stereocenters. The SMILES string of the molecule is O=C(CSc1nc2ccc(-c3ccc4nc[nH]c4c3)cc2s1)NC1CCOC1. The molecule has 2 aromatic heterocycles. The second kappa shape index (κ2) is 7.54. The Hall–Kier alpha value is -2.42. The van der Waals surface area contributed by atoms with Crippen LogP contribution in [0.3, 0.4) is 0 Å². The maximum Gasteiger partial charge on any atom is 0.230 e. The van der Waals surface area contributed by atoms with E-state index in [1.165, 1.54) is 11.8 Å². The Kier molecular flexibility index (Phi) is 4.76. The molecule has 5 rings (SSSR count). The highest BCUT2D eigenvalue weighted by molar-refractivity contribution is 8.01. The first-order valence-corrected chi connectivity index (χ1v) is 10.9. The number of thiazole rings is 1. The third-order valence-electron chi connectivity index (χ3n) is 4.74. The summed E-state index contributed by atoms with van der Waals surface area (Å²) >= 11 is 3.11. The number of carbonyl (C=O) groups excluding carboxylic acids is 1. The van der Waals surface area contributed by atoms with E-state index in [4.69, 9.17) is 4.74 Å². The fourth-order valence-corrected chi connectivity index (χ4v) is 5.22. The fourth-order valence-electron chi connectivity index (χ4n) is 3.30. The number of amides is 1. The van der Waals surface area contributed by atoms with Gasteiger partial charge >= 0.3 is 0 Å². The van der Waals surface area contributed by atoms with Gasteiger partial charge in [0.25, 0.3) is 0 Å². The van der Waals surface area contributed by atoms with Gasteiger partial charge in [0.2, 0.25) is 5.91 Å². The molecule has 2 N–H and O–H groups in total. The number of nitrogens with zero attached hydrogens (tertiary/aromatic N) is 2. The van der Waals surface area contributed by atoms with Gasteiger partial charge in [-0.05, 0) is 41.8 Å². The van der Waals surface area contributed by atoms with Crippen LogP contribution in [0.25, 0.3) is 32.4 Å². The molecule has 8 heteroatoms. The van der Waals surface area contributed by atoms with Crippen molar-refractivity contribution in [2.45, 2.75) is 16.8 Å². The average molecular weight is 411 g/mol. The first kappa shape index (κ1) is 17.7. The first-order chi connectivity index (χ1) is 13.7. The predicted molar refractivity (Wildman–Crippen MR) is 113 cm³/mol. The number of carbonyl (C=O) groups is 1. The standard InChI is InChI=1S/C20H18N4O2S2/c25-19(23-14-5-6-26-9-14)10-27-20-24-16-4-2-13(8-18(16)28-20)12-1-3-15-17(7-12)22-11-21-15/h1-4,7-8,11,14H,5-6,9-10H2,(H,21,22)(H,23,25). The summed E-state index contributed by atoms with van der Waals surface area (Å²) in [5.41, 5.74) is 5.23. The van der Waals surface area contributed by atoms with Crippen LogP contribution in [0.2, 0.25) is 0 Å². The van der Waals surface area contributed by atoms with Crippen LogP contribution in [-0.4, -0.2) is 45.9 Å². The van der Waals surface area contributed by atoms with Crippen LogP contribution in [0.15, 0.2) is 47.1 Å². The number of H-pyrrole nitrogens is 1. The monoisotopic (exact) mass is 410 g/mol. The van der Waals surface area contributed by atoms with Crippen LogP contribution < -0.4 is 5.32 Å². The minimum atomic E-state index is 0.0355. The summed E-state index contributed by atoms with van der Waals surface area (Å²) in [6.45, 7) is 1.34. The van der Waals surface area contributed by atoms with Crippen LogP contribution in [0, 0.1) is 0 Å². The molecule has 3 heterocycles.